The Morgan fingerprint density at radius 2 is 2.16 bits per heavy atom. The summed E-state index contributed by atoms with van der Waals surface area (Å²) in [5.74, 6) is 2.76. The van der Waals surface area contributed by atoms with Crippen molar-refractivity contribution in [3.8, 4) is 0 Å². The fraction of sp³-hybridized carbons (Fsp3) is 0.714. The number of aromatic nitrogens is 2. The van der Waals surface area contributed by atoms with E-state index in [9.17, 15) is 0 Å². The molecule has 2 rings (SSSR count). The zero-order valence-electron chi connectivity index (χ0n) is 12.0. The van der Waals surface area contributed by atoms with E-state index in [0.717, 1.165) is 30.6 Å². The Kier molecular flexibility index (Phi) is 5.39. The zero-order valence-corrected chi connectivity index (χ0v) is 12.0. The molecule has 0 saturated carbocycles. The van der Waals surface area contributed by atoms with Gasteiger partial charge in [0.25, 0.3) is 0 Å². The Labute approximate surface area is 115 Å². The molecule has 1 aliphatic heterocycles. The number of nitrogens with zero attached hydrogens (tertiary/aromatic N) is 3. The molecule has 1 fully saturated rings. The van der Waals surface area contributed by atoms with Crippen molar-refractivity contribution in [2.45, 2.75) is 26.2 Å². The molecule has 2 heterocycles. The first kappa shape index (κ1) is 14.1. The molecule has 0 bridgehead atoms. The summed E-state index contributed by atoms with van der Waals surface area (Å²) in [7, 11) is 2.04. The standard InChI is InChI=1S/C14H25N5/c1-3-19(2)14-10-13(17-11-18-14)16-9-6-12-4-7-15-8-5-12/h10-12,15H,3-9H2,1-2H3,(H,16,17,18). The highest BCUT2D eigenvalue weighted by Gasteiger charge is 2.12. The van der Waals surface area contributed by atoms with Crippen LogP contribution in [0.4, 0.5) is 11.6 Å². The van der Waals surface area contributed by atoms with Gasteiger partial charge in [-0.05, 0) is 45.2 Å². The predicted octanol–water partition coefficient (Wildman–Crippen LogP) is 1.73. The summed E-state index contributed by atoms with van der Waals surface area (Å²) in [5, 5.41) is 6.82. The molecule has 5 heteroatoms. The van der Waals surface area contributed by atoms with Gasteiger partial charge in [0.15, 0.2) is 0 Å². The monoisotopic (exact) mass is 263 g/mol. The van der Waals surface area contributed by atoms with Gasteiger partial charge in [-0.3, -0.25) is 0 Å². The molecule has 2 N–H and O–H groups in total. The van der Waals surface area contributed by atoms with Crippen molar-refractivity contribution < 1.29 is 0 Å². The number of anilines is 2. The molecule has 19 heavy (non-hydrogen) atoms. The minimum absolute atomic E-state index is 0.855. The number of hydrogen-bond acceptors (Lipinski definition) is 5. The van der Waals surface area contributed by atoms with Crippen LogP contribution in [-0.2, 0) is 0 Å². The highest BCUT2D eigenvalue weighted by atomic mass is 15.2. The summed E-state index contributed by atoms with van der Waals surface area (Å²) in [6.45, 7) is 6.40. The van der Waals surface area contributed by atoms with E-state index < -0.39 is 0 Å². The van der Waals surface area contributed by atoms with Crippen LogP contribution >= 0.6 is 0 Å². The Morgan fingerprint density at radius 1 is 1.37 bits per heavy atom. The summed E-state index contributed by atoms with van der Waals surface area (Å²) in [4.78, 5) is 10.7. The first-order chi connectivity index (χ1) is 9.29. The van der Waals surface area contributed by atoms with Crippen LogP contribution in [-0.4, -0.2) is 43.2 Å². The molecule has 0 unspecified atom stereocenters. The van der Waals surface area contributed by atoms with Gasteiger partial charge >= 0.3 is 0 Å². The number of rotatable bonds is 6. The van der Waals surface area contributed by atoms with Gasteiger partial charge in [0.1, 0.15) is 18.0 Å². The molecule has 1 aliphatic rings. The summed E-state index contributed by atoms with van der Waals surface area (Å²) >= 11 is 0. The van der Waals surface area contributed by atoms with Gasteiger partial charge in [0.2, 0.25) is 0 Å². The van der Waals surface area contributed by atoms with Gasteiger partial charge in [-0.25, -0.2) is 9.97 Å². The van der Waals surface area contributed by atoms with Crippen LogP contribution in [0.2, 0.25) is 0 Å². The lowest BCUT2D eigenvalue weighted by molar-refractivity contribution is 0.361. The smallest absolute Gasteiger partial charge is 0.133 e. The normalized spacial score (nSPS) is 16.3. The molecule has 0 aliphatic carbocycles. The Bertz CT molecular complexity index is 376. The van der Waals surface area contributed by atoms with Crippen LogP contribution in [0.15, 0.2) is 12.4 Å². The quantitative estimate of drug-likeness (QED) is 0.818. The Hall–Kier alpha value is -1.36. The number of piperidine rings is 1. The molecule has 0 amide bonds. The van der Waals surface area contributed by atoms with Crippen LogP contribution in [0.5, 0.6) is 0 Å². The summed E-state index contributed by atoms with van der Waals surface area (Å²) < 4.78 is 0. The predicted molar refractivity (Wildman–Crippen MR) is 79.7 cm³/mol. The van der Waals surface area contributed by atoms with Crippen molar-refractivity contribution in [3.63, 3.8) is 0 Å². The largest absolute Gasteiger partial charge is 0.370 e. The molecule has 1 aromatic rings. The highest BCUT2D eigenvalue weighted by Crippen LogP contribution is 2.17. The first-order valence-electron chi connectivity index (χ1n) is 7.27. The van der Waals surface area contributed by atoms with Crippen LogP contribution < -0.4 is 15.5 Å². The summed E-state index contributed by atoms with van der Waals surface area (Å²) in [6.07, 6.45) is 5.46. The second-order valence-corrected chi connectivity index (χ2v) is 5.18. The third kappa shape index (κ3) is 4.35. The molecule has 0 aromatic carbocycles. The average molecular weight is 263 g/mol. The van der Waals surface area contributed by atoms with Gasteiger partial charge in [0.05, 0.1) is 0 Å². The molecule has 0 atom stereocenters. The molecular weight excluding hydrogens is 238 g/mol. The number of hydrogen-bond donors (Lipinski definition) is 2. The molecular formula is C14H25N5. The Morgan fingerprint density at radius 3 is 2.89 bits per heavy atom. The third-order valence-electron chi connectivity index (χ3n) is 3.84. The number of nitrogens with one attached hydrogen (secondary N) is 2. The van der Waals surface area contributed by atoms with Gasteiger partial charge < -0.3 is 15.5 Å². The van der Waals surface area contributed by atoms with E-state index >= 15 is 0 Å². The highest BCUT2D eigenvalue weighted by molar-refractivity contribution is 5.47. The summed E-state index contributed by atoms with van der Waals surface area (Å²) in [6, 6.07) is 2.02. The fourth-order valence-corrected chi connectivity index (χ4v) is 2.39. The van der Waals surface area contributed by atoms with E-state index in [0.29, 0.717) is 0 Å². The summed E-state index contributed by atoms with van der Waals surface area (Å²) in [5.41, 5.74) is 0. The van der Waals surface area contributed by atoms with E-state index in [1.54, 1.807) is 6.33 Å². The first-order valence-corrected chi connectivity index (χ1v) is 7.27. The van der Waals surface area contributed by atoms with Gasteiger partial charge in [-0.15, -0.1) is 0 Å². The van der Waals surface area contributed by atoms with E-state index in [1.165, 1.54) is 32.4 Å². The molecule has 5 nitrogen and oxygen atoms in total. The Balaban J connectivity index is 1.78. The van der Waals surface area contributed by atoms with Crippen molar-refractivity contribution in [3.05, 3.63) is 12.4 Å². The second kappa shape index (κ2) is 7.28. The maximum Gasteiger partial charge on any atom is 0.133 e. The van der Waals surface area contributed by atoms with E-state index in [-0.39, 0.29) is 0 Å². The molecule has 1 saturated heterocycles. The minimum Gasteiger partial charge on any atom is -0.370 e. The van der Waals surface area contributed by atoms with Crippen molar-refractivity contribution in [2.75, 3.05) is 43.4 Å². The van der Waals surface area contributed by atoms with Crippen LogP contribution in [0.1, 0.15) is 26.2 Å². The maximum absolute atomic E-state index is 4.28. The average Bonchev–Trinajstić information content (AvgIpc) is 2.48. The van der Waals surface area contributed by atoms with Gasteiger partial charge in [0, 0.05) is 26.2 Å². The third-order valence-corrected chi connectivity index (χ3v) is 3.84. The molecule has 1 aromatic heterocycles. The van der Waals surface area contributed by atoms with Crippen LogP contribution in [0, 0.1) is 5.92 Å². The zero-order chi connectivity index (χ0) is 13.5. The molecule has 0 spiro atoms. The second-order valence-electron chi connectivity index (χ2n) is 5.18. The minimum atomic E-state index is 0.855. The van der Waals surface area contributed by atoms with Crippen molar-refractivity contribution >= 4 is 11.6 Å². The maximum atomic E-state index is 4.28. The van der Waals surface area contributed by atoms with Crippen molar-refractivity contribution in [2.24, 2.45) is 5.92 Å². The van der Waals surface area contributed by atoms with E-state index in [4.69, 9.17) is 0 Å². The van der Waals surface area contributed by atoms with Gasteiger partial charge in [-0.1, -0.05) is 0 Å². The van der Waals surface area contributed by atoms with E-state index in [1.807, 2.05) is 13.1 Å². The molecule has 106 valence electrons. The van der Waals surface area contributed by atoms with E-state index in [2.05, 4.69) is 32.4 Å². The van der Waals surface area contributed by atoms with Crippen molar-refractivity contribution in [1.82, 2.24) is 15.3 Å². The lowest BCUT2D eigenvalue weighted by atomic mass is 9.95. The molecule has 0 radical (unpaired) electrons. The lowest BCUT2D eigenvalue weighted by Crippen LogP contribution is -2.28. The SMILES string of the molecule is CCN(C)c1cc(NCCC2CCNCC2)ncn1. The topological polar surface area (TPSA) is 53.1 Å². The fourth-order valence-electron chi connectivity index (χ4n) is 2.39. The van der Waals surface area contributed by atoms with Crippen LogP contribution in [0.25, 0.3) is 0 Å². The van der Waals surface area contributed by atoms with Crippen molar-refractivity contribution in [1.29, 1.82) is 0 Å². The van der Waals surface area contributed by atoms with Crippen LogP contribution in [0.3, 0.4) is 0 Å². The van der Waals surface area contributed by atoms with Gasteiger partial charge in [-0.2, -0.15) is 0 Å². The lowest BCUT2D eigenvalue weighted by Gasteiger charge is -2.22.